The fraction of sp³-hybridized carbons (Fsp3) is 0.0909. The normalized spacial score (nSPS) is 10.1. The van der Waals surface area contributed by atoms with Crippen molar-refractivity contribution in [3.63, 3.8) is 0 Å². The van der Waals surface area contributed by atoms with Crippen LogP contribution in [0.15, 0.2) is 34.2 Å². The second kappa shape index (κ2) is 4.76. The number of nitrogens with zero attached hydrogens (tertiary/aromatic N) is 1. The molecule has 82 valence electrons. The lowest BCUT2D eigenvalue weighted by Gasteiger charge is -2.04. The van der Waals surface area contributed by atoms with Crippen molar-refractivity contribution < 1.29 is 9.53 Å². The number of carbonyl (C=O) groups is 1. The average molecular weight is 298 g/mol. The van der Waals surface area contributed by atoms with Crippen LogP contribution in [0.5, 0.6) is 0 Å². The van der Waals surface area contributed by atoms with E-state index in [1.54, 1.807) is 12.3 Å². The molecule has 0 unspecified atom stereocenters. The first kappa shape index (κ1) is 11.3. The van der Waals surface area contributed by atoms with Gasteiger partial charge >= 0.3 is 5.97 Å². The van der Waals surface area contributed by atoms with Crippen LogP contribution in [0.1, 0.15) is 10.4 Å². The Morgan fingerprint density at radius 1 is 1.50 bits per heavy atom. The van der Waals surface area contributed by atoms with Gasteiger partial charge in [0.1, 0.15) is 5.01 Å². The number of benzene rings is 1. The molecule has 0 spiro atoms. The lowest BCUT2D eigenvalue weighted by molar-refractivity contribution is 0.0600. The minimum atomic E-state index is -0.356. The molecule has 0 amide bonds. The molecule has 0 saturated heterocycles. The Morgan fingerprint density at radius 2 is 2.31 bits per heavy atom. The lowest BCUT2D eigenvalue weighted by Crippen LogP contribution is -2.02. The first-order chi connectivity index (χ1) is 7.72. The molecule has 1 aromatic carbocycles. The Labute approximate surface area is 105 Å². The summed E-state index contributed by atoms with van der Waals surface area (Å²) in [6.07, 6.45) is 1.74. The van der Waals surface area contributed by atoms with E-state index in [1.807, 2.05) is 17.5 Å². The Kier molecular flexibility index (Phi) is 3.36. The molecule has 0 aliphatic carbocycles. The first-order valence-electron chi connectivity index (χ1n) is 4.50. The number of methoxy groups -OCH3 is 1. The average Bonchev–Trinajstić information content (AvgIpc) is 2.82. The van der Waals surface area contributed by atoms with E-state index in [0.717, 1.165) is 15.0 Å². The molecule has 3 nitrogen and oxygen atoms in total. The molecule has 0 atom stereocenters. The highest BCUT2D eigenvalue weighted by Gasteiger charge is 2.12. The molecule has 2 aromatic rings. The van der Waals surface area contributed by atoms with Crippen molar-refractivity contribution in [1.82, 2.24) is 4.98 Å². The second-order valence-corrected chi connectivity index (χ2v) is 4.77. The maximum Gasteiger partial charge on any atom is 0.339 e. The highest BCUT2D eigenvalue weighted by Crippen LogP contribution is 2.27. The summed E-state index contributed by atoms with van der Waals surface area (Å²) in [5.41, 5.74) is 1.42. The van der Waals surface area contributed by atoms with E-state index in [2.05, 4.69) is 20.9 Å². The molecule has 5 heteroatoms. The molecule has 0 saturated carbocycles. The Hall–Kier alpha value is -1.20. The van der Waals surface area contributed by atoms with Crippen LogP contribution in [-0.2, 0) is 4.74 Å². The van der Waals surface area contributed by atoms with Gasteiger partial charge in [0.05, 0.1) is 12.7 Å². The van der Waals surface area contributed by atoms with Crippen LogP contribution in [-0.4, -0.2) is 18.1 Å². The number of hydrogen-bond acceptors (Lipinski definition) is 4. The summed E-state index contributed by atoms with van der Waals surface area (Å²) >= 11 is 4.85. The zero-order valence-corrected chi connectivity index (χ0v) is 10.8. The van der Waals surface area contributed by atoms with Gasteiger partial charge in [0, 0.05) is 21.6 Å². The second-order valence-electron chi connectivity index (χ2n) is 3.02. The predicted molar refractivity (Wildman–Crippen MR) is 66.6 cm³/mol. The molecular weight excluding hydrogens is 290 g/mol. The summed E-state index contributed by atoms with van der Waals surface area (Å²) in [6.45, 7) is 0. The topological polar surface area (TPSA) is 39.2 Å². The zero-order valence-electron chi connectivity index (χ0n) is 8.44. The minimum absolute atomic E-state index is 0.356. The number of rotatable bonds is 2. The maximum atomic E-state index is 11.5. The van der Waals surface area contributed by atoms with Gasteiger partial charge in [0.2, 0.25) is 0 Å². The Balaban J connectivity index is 2.47. The third kappa shape index (κ3) is 2.15. The largest absolute Gasteiger partial charge is 0.465 e. The van der Waals surface area contributed by atoms with Crippen molar-refractivity contribution in [2.75, 3.05) is 7.11 Å². The molecule has 0 aliphatic rings. The Bertz CT molecular complexity index is 511. The van der Waals surface area contributed by atoms with E-state index in [9.17, 15) is 4.79 Å². The van der Waals surface area contributed by atoms with E-state index in [0.29, 0.717) is 5.56 Å². The number of aromatic nitrogens is 1. The lowest BCUT2D eigenvalue weighted by atomic mass is 10.1. The van der Waals surface area contributed by atoms with Crippen molar-refractivity contribution in [3.8, 4) is 10.6 Å². The summed E-state index contributed by atoms with van der Waals surface area (Å²) in [4.78, 5) is 15.7. The molecule has 2 rings (SSSR count). The van der Waals surface area contributed by atoms with Crippen molar-refractivity contribution in [2.24, 2.45) is 0 Å². The van der Waals surface area contributed by atoms with Crippen molar-refractivity contribution in [2.45, 2.75) is 0 Å². The van der Waals surface area contributed by atoms with Gasteiger partial charge in [-0.05, 0) is 28.1 Å². The highest BCUT2D eigenvalue weighted by molar-refractivity contribution is 9.10. The highest BCUT2D eigenvalue weighted by atomic mass is 79.9. The smallest absolute Gasteiger partial charge is 0.339 e. The molecular formula is C11H8BrNO2S. The van der Waals surface area contributed by atoms with Crippen molar-refractivity contribution in [1.29, 1.82) is 0 Å². The Morgan fingerprint density at radius 3 is 2.94 bits per heavy atom. The standard InChI is InChI=1S/C11H8BrNO2S/c1-15-11(14)8-6-7(2-3-9(8)12)10-13-4-5-16-10/h2-6H,1H3. The van der Waals surface area contributed by atoms with Crippen LogP contribution in [0.4, 0.5) is 0 Å². The maximum absolute atomic E-state index is 11.5. The fourth-order valence-electron chi connectivity index (χ4n) is 1.29. The number of carbonyl (C=O) groups excluding carboxylic acids is 1. The number of ether oxygens (including phenoxy) is 1. The minimum Gasteiger partial charge on any atom is -0.465 e. The quantitative estimate of drug-likeness (QED) is 0.798. The van der Waals surface area contributed by atoms with E-state index < -0.39 is 0 Å². The summed E-state index contributed by atoms with van der Waals surface area (Å²) in [5.74, 6) is -0.356. The van der Waals surface area contributed by atoms with Gasteiger partial charge in [0.25, 0.3) is 0 Å². The van der Waals surface area contributed by atoms with Gasteiger partial charge < -0.3 is 4.74 Å². The van der Waals surface area contributed by atoms with Crippen LogP contribution >= 0.6 is 27.3 Å². The van der Waals surface area contributed by atoms with Crippen molar-refractivity contribution in [3.05, 3.63) is 39.8 Å². The fourth-order valence-corrected chi connectivity index (χ4v) is 2.33. The van der Waals surface area contributed by atoms with Crippen LogP contribution in [0, 0.1) is 0 Å². The molecule has 16 heavy (non-hydrogen) atoms. The summed E-state index contributed by atoms with van der Waals surface area (Å²) < 4.78 is 5.43. The first-order valence-corrected chi connectivity index (χ1v) is 6.17. The number of thiazole rings is 1. The van der Waals surface area contributed by atoms with Crippen LogP contribution in [0.2, 0.25) is 0 Å². The third-order valence-electron chi connectivity index (χ3n) is 2.05. The van der Waals surface area contributed by atoms with Crippen LogP contribution < -0.4 is 0 Å². The van der Waals surface area contributed by atoms with Gasteiger partial charge in [-0.2, -0.15) is 0 Å². The zero-order chi connectivity index (χ0) is 11.5. The molecule has 1 aromatic heterocycles. The number of esters is 1. The van der Waals surface area contributed by atoms with E-state index >= 15 is 0 Å². The summed E-state index contributed by atoms with van der Waals surface area (Å²) in [5, 5.41) is 2.78. The van der Waals surface area contributed by atoms with E-state index in [-0.39, 0.29) is 5.97 Å². The molecule has 0 radical (unpaired) electrons. The summed E-state index contributed by atoms with van der Waals surface area (Å²) in [6, 6.07) is 5.51. The van der Waals surface area contributed by atoms with Crippen LogP contribution in [0.3, 0.4) is 0 Å². The number of hydrogen-bond donors (Lipinski definition) is 0. The molecule has 0 bridgehead atoms. The third-order valence-corrected chi connectivity index (χ3v) is 3.56. The predicted octanol–water partition coefficient (Wildman–Crippen LogP) is 3.36. The molecule has 0 aliphatic heterocycles. The SMILES string of the molecule is COC(=O)c1cc(-c2nccs2)ccc1Br. The van der Waals surface area contributed by atoms with Gasteiger partial charge in [-0.1, -0.05) is 6.07 Å². The molecule has 0 N–H and O–H groups in total. The van der Waals surface area contributed by atoms with Gasteiger partial charge in [-0.3, -0.25) is 0 Å². The molecule has 1 heterocycles. The molecule has 0 fully saturated rings. The van der Waals surface area contributed by atoms with Crippen LogP contribution in [0.25, 0.3) is 10.6 Å². The van der Waals surface area contributed by atoms with E-state index in [4.69, 9.17) is 4.74 Å². The van der Waals surface area contributed by atoms with E-state index in [1.165, 1.54) is 18.4 Å². The van der Waals surface area contributed by atoms with Gasteiger partial charge in [-0.25, -0.2) is 9.78 Å². The number of halogens is 1. The van der Waals surface area contributed by atoms with Crippen molar-refractivity contribution >= 4 is 33.2 Å². The van der Waals surface area contributed by atoms with Gasteiger partial charge in [-0.15, -0.1) is 11.3 Å². The van der Waals surface area contributed by atoms with Gasteiger partial charge in [0.15, 0.2) is 0 Å². The monoisotopic (exact) mass is 297 g/mol. The summed E-state index contributed by atoms with van der Waals surface area (Å²) in [7, 11) is 1.37.